The van der Waals surface area contributed by atoms with Gasteiger partial charge in [0.1, 0.15) is 4.32 Å². The Morgan fingerprint density at radius 2 is 1.93 bits per heavy atom. The zero-order valence-corrected chi connectivity index (χ0v) is 19.3. The first-order chi connectivity index (χ1) is 14.4. The van der Waals surface area contributed by atoms with Crippen LogP contribution in [0.4, 0.5) is 5.69 Å². The number of thioether (sulfide) groups is 2. The second-order valence-electron chi connectivity index (χ2n) is 7.30. The molecular formula is C22H23N3O2S3. The molecule has 8 heteroatoms. The van der Waals surface area contributed by atoms with Crippen LogP contribution in [0.5, 0.6) is 0 Å². The molecule has 2 aliphatic heterocycles. The number of carbonyl (C=O) groups excluding carboxylic acids is 2. The average molecular weight is 458 g/mol. The van der Waals surface area contributed by atoms with Crippen molar-refractivity contribution in [3.63, 3.8) is 0 Å². The number of thiocarbonyl (C=S) groups is 1. The Morgan fingerprint density at radius 1 is 1.20 bits per heavy atom. The van der Waals surface area contributed by atoms with Gasteiger partial charge < -0.3 is 10.6 Å². The van der Waals surface area contributed by atoms with Crippen molar-refractivity contribution >= 4 is 57.6 Å². The van der Waals surface area contributed by atoms with Crippen LogP contribution in [0.2, 0.25) is 0 Å². The van der Waals surface area contributed by atoms with Crippen LogP contribution in [0.25, 0.3) is 0 Å². The standard InChI is InChI=1S/C22H23N3O2S3/c1-3-24-16-7-5-6-8-17(16)29-18(24)11-13-9-14(12-15(10-13)20(23)26)19-21(27)25(4-2)22(28)30-19/h5-9,11,15H,3-4,10,12H2,1-2H3,(H2,23,26)/b18-11-,19-14-. The van der Waals surface area contributed by atoms with Crippen LogP contribution in [0.15, 0.2) is 62.4 Å². The van der Waals surface area contributed by atoms with Crippen molar-refractivity contribution < 1.29 is 9.59 Å². The Labute approximate surface area is 190 Å². The van der Waals surface area contributed by atoms with Gasteiger partial charge in [0, 0.05) is 23.9 Å². The second-order valence-corrected chi connectivity index (χ2v) is 10.0. The Bertz CT molecular complexity index is 1030. The summed E-state index contributed by atoms with van der Waals surface area (Å²) in [7, 11) is 0. The maximum atomic E-state index is 12.8. The zero-order chi connectivity index (χ0) is 21.4. The van der Waals surface area contributed by atoms with Gasteiger partial charge in [0.2, 0.25) is 5.91 Å². The molecule has 2 amide bonds. The third-order valence-electron chi connectivity index (χ3n) is 5.43. The highest BCUT2D eigenvalue weighted by Crippen LogP contribution is 2.47. The minimum absolute atomic E-state index is 0.0753. The SMILES string of the molecule is CCN1C(=O)/C(=C2C=C(/C=C3\Sc4ccccc4N3CC)CC(C(N)=O)C\2)SC1=S. The van der Waals surface area contributed by atoms with Gasteiger partial charge in [-0.05, 0) is 56.0 Å². The van der Waals surface area contributed by atoms with E-state index in [0.29, 0.717) is 28.6 Å². The topological polar surface area (TPSA) is 66.6 Å². The highest BCUT2D eigenvalue weighted by atomic mass is 32.2. The van der Waals surface area contributed by atoms with Crippen molar-refractivity contribution in [3.8, 4) is 0 Å². The third-order valence-corrected chi connectivity index (χ3v) is 8.05. The van der Waals surface area contributed by atoms with Crippen LogP contribution in [0.1, 0.15) is 26.7 Å². The Balaban J connectivity index is 1.73. The molecule has 1 aromatic carbocycles. The normalized spacial score (nSPS) is 25.2. The van der Waals surface area contributed by atoms with Crippen LogP contribution in [-0.2, 0) is 9.59 Å². The molecule has 1 aromatic rings. The third kappa shape index (κ3) is 3.84. The van der Waals surface area contributed by atoms with E-state index in [-0.39, 0.29) is 17.7 Å². The van der Waals surface area contributed by atoms with Crippen molar-refractivity contribution in [3.05, 3.63) is 57.5 Å². The van der Waals surface area contributed by atoms with E-state index in [9.17, 15) is 9.59 Å². The van der Waals surface area contributed by atoms with Gasteiger partial charge in [-0.2, -0.15) is 0 Å². The van der Waals surface area contributed by atoms with E-state index in [4.69, 9.17) is 18.0 Å². The molecule has 0 bridgehead atoms. The first-order valence-corrected chi connectivity index (χ1v) is 12.0. The molecule has 0 aromatic heterocycles. The average Bonchev–Trinajstić information content (AvgIpc) is 3.23. The summed E-state index contributed by atoms with van der Waals surface area (Å²) in [5.74, 6) is -0.739. The molecule has 2 N–H and O–H groups in total. The summed E-state index contributed by atoms with van der Waals surface area (Å²) in [5, 5.41) is 1.12. The van der Waals surface area contributed by atoms with Gasteiger partial charge in [0.05, 0.1) is 15.6 Å². The van der Waals surface area contributed by atoms with Crippen molar-refractivity contribution in [2.75, 3.05) is 18.0 Å². The molecule has 2 heterocycles. The molecule has 156 valence electrons. The van der Waals surface area contributed by atoms with Gasteiger partial charge in [0.15, 0.2) is 0 Å². The Morgan fingerprint density at radius 3 is 2.60 bits per heavy atom. The number of para-hydroxylation sites is 1. The zero-order valence-electron chi connectivity index (χ0n) is 16.9. The summed E-state index contributed by atoms with van der Waals surface area (Å²) in [5.41, 5.74) is 8.75. The van der Waals surface area contributed by atoms with Gasteiger partial charge in [-0.1, -0.05) is 54.0 Å². The molecule has 1 saturated heterocycles. The Kier molecular flexibility index (Phi) is 6.09. The van der Waals surface area contributed by atoms with E-state index in [1.54, 1.807) is 16.7 Å². The molecule has 1 aliphatic carbocycles. The predicted molar refractivity (Wildman–Crippen MR) is 128 cm³/mol. The molecule has 1 atom stereocenters. The molecule has 3 aliphatic rings. The molecule has 30 heavy (non-hydrogen) atoms. The molecular weight excluding hydrogens is 434 g/mol. The minimum Gasteiger partial charge on any atom is -0.369 e. The first kappa shape index (κ1) is 21.2. The van der Waals surface area contributed by atoms with Gasteiger partial charge in [-0.3, -0.25) is 14.5 Å². The molecule has 0 saturated carbocycles. The number of hydrogen-bond donors (Lipinski definition) is 1. The number of fused-ring (bicyclic) bond motifs is 1. The van der Waals surface area contributed by atoms with E-state index in [1.807, 2.05) is 25.1 Å². The lowest BCUT2D eigenvalue weighted by Crippen LogP contribution is -2.29. The quantitative estimate of drug-likeness (QED) is 0.533. The van der Waals surface area contributed by atoms with E-state index < -0.39 is 0 Å². The highest BCUT2D eigenvalue weighted by molar-refractivity contribution is 8.26. The molecule has 1 fully saturated rings. The monoisotopic (exact) mass is 457 g/mol. The summed E-state index contributed by atoms with van der Waals surface area (Å²) >= 11 is 8.40. The summed E-state index contributed by atoms with van der Waals surface area (Å²) in [6, 6.07) is 8.32. The lowest BCUT2D eigenvalue weighted by molar-refractivity contribution is -0.123. The Hall–Kier alpha value is -2.03. The number of hydrogen-bond acceptors (Lipinski definition) is 6. The number of allylic oxidation sites excluding steroid dienone is 4. The van der Waals surface area contributed by atoms with Crippen molar-refractivity contribution in [1.29, 1.82) is 0 Å². The van der Waals surface area contributed by atoms with Crippen molar-refractivity contribution in [1.82, 2.24) is 4.90 Å². The number of amides is 2. The van der Waals surface area contributed by atoms with Gasteiger partial charge >= 0.3 is 0 Å². The molecule has 0 radical (unpaired) electrons. The molecule has 1 unspecified atom stereocenters. The van der Waals surface area contributed by atoms with E-state index in [1.165, 1.54) is 22.3 Å². The summed E-state index contributed by atoms with van der Waals surface area (Å²) in [6.07, 6.45) is 5.22. The van der Waals surface area contributed by atoms with Crippen molar-refractivity contribution in [2.45, 2.75) is 31.6 Å². The van der Waals surface area contributed by atoms with E-state index in [2.05, 4.69) is 30.0 Å². The number of primary amides is 1. The lowest BCUT2D eigenvalue weighted by atomic mass is 9.85. The number of rotatable bonds is 4. The van der Waals surface area contributed by atoms with Crippen LogP contribution in [-0.4, -0.2) is 34.1 Å². The van der Waals surface area contributed by atoms with Crippen LogP contribution in [0, 0.1) is 5.92 Å². The number of likely N-dealkylation sites (N-methyl/N-ethyl adjacent to an activating group) is 1. The maximum absolute atomic E-state index is 12.8. The van der Waals surface area contributed by atoms with Gasteiger partial charge in [0.25, 0.3) is 5.91 Å². The van der Waals surface area contributed by atoms with Crippen LogP contribution >= 0.6 is 35.7 Å². The fraction of sp³-hybridized carbons (Fsp3) is 0.318. The van der Waals surface area contributed by atoms with Crippen molar-refractivity contribution in [2.24, 2.45) is 11.7 Å². The molecule has 4 rings (SSSR count). The molecule has 5 nitrogen and oxygen atoms in total. The van der Waals surface area contributed by atoms with Crippen LogP contribution < -0.4 is 10.6 Å². The first-order valence-electron chi connectivity index (χ1n) is 9.95. The fourth-order valence-electron chi connectivity index (χ4n) is 3.94. The summed E-state index contributed by atoms with van der Waals surface area (Å²) < 4.78 is 0.568. The number of benzene rings is 1. The summed E-state index contributed by atoms with van der Waals surface area (Å²) in [6.45, 7) is 5.43. The lowest BCUT2D eigenvalue weighted by Gasteiger charge is -2.23. The highest BCUT2D eigenvalue weighted by Gasteiger charge is 2.35. The fourth-order valence-corrected chi connectivity index (χ4v) is 6.57. The number of carbonyl (C=O) groups is 2. The predicted octanol–water partition coefficient (Wildman–Crippen LogP) is 4.42. The van der Waals surface area contributed by atoms with E-state index in [0.717, 1.165) is 22.7 Å². The molecule has 0 spiro atoms. The maximum Gasteiger partial charge on any atom is 0.266 e. The minimum atomic E-state index is -0.336. The number of nitrogens with two attached hydrogens (primary N) is 1. The smallest absolute Gasteiger partial charge is 0.266 e. The van der Waals surface area contributed by atoms with Gasteiger partial charge in [-0.25, -0.2) is 0 Å². The second kappa shape index (κ2) is 8.61. The number of anilines is 1. The summed E-state index contributed by atoms with van der Waals surface area (Å²) in [4.78, 5) is 30.6. The largest absolute Gasteiger partial charge is 0.369 e. The van der Waals surface area contributed by atoms with Crippen LogP contribution in [0.3, 0.4) is 0 Å². The van der Waals surface area contributed by atoms with Gasteiger partial charge in [-0.15, -0.1) is 0 Å². The van der Waals surface area contributed by atoms with E-state index >= 15 is 0 Å². The number of nitrogens with zero attached hydrogens (tertiary/aromatic N) is 2.